The number of nitrogen functional groups attached to an aromatic ring is 1. The lowest BCUT2D eigenvalue weighted by molar-refractivity contribution is 0.00745. The summed E-state index contributed by atoms with van der Waals surface area (Å²) >= 11 is 3.43. The van der Waals surface area contributed by atoms with Crippen LogP contribution in [-0.2, 0) is 4.74 Å². The average molecular weight is 272 g/mol. The number of anilines is 1. The zero-order valence-electron chi connectivity index (χ0n) is 8.41. The summed E-state index contributed by atoms with van der Waals surface area (Å²) in [4.78, 5) is 0. The number of hydrogen-bond donors (Lipinski definition) is 1. The van der Waals surface area contributed by atoms with Crippen LogP contribution in [0.2, 0.25) is 0 Å². The molecule has 3 nitrogen and oxygen atoms in total. The van der Waals surface area contributed by atoms with E-state index >= 15 is 0 Å². The Morgan fingerprint density at radius 3 is 3.00 bits per heavy atom. The van der Waals surface area contributed by atoms with E-state index in [9.17, 15) is 0 Å². The van der Waals surface area contributed by atoms with Gasteiger partial charge in [0, 0.05) is 6.61 Å². The Labute approximate surface area is 97.7 Å². The van der Waals surface area contributed by atoms with E-state index in [1.165, 1.54) is 0 Å². The molecule has 4 heteroatoms. The molecule has 0 radical (unpaired) electrons. The van der Waals surface area contributed by atoms with E-state index in [1.807, 2.05) is 18.2 Å². The fourth-order valence-electron chi connectivity index (χ4n) is 1.62. The quantitative estimate of drug-likeness (QED) is 0.841. The van der Waals surface area contributed by atoms with Crippen LogP contribution in [0.25, 0.3) is 0 Å². The number of rotatable bonds is 2. The zero-order valence-corrected chi connectivity index (χ0v) is 10.00. The Morgan fingerprint density at radius 2 is 2.33 bits per heavy atom. The van der Waals surface area contributed by atoms with Gasteiger partial charge in [0.2, 0.25) is 0 Å². The van der Waals surface area contributed by atoms with E-state index in [4.69, 9.17) is 15.2 Å². The van der Waals surface area contributed by atoms with E-state index in [2.05, 4.69) is 15.9 Å². The fraction of sp³-hybridized carbons (Fsp3) is 0.455. The Balaban J connectivity index is 2.09. The van der Waals surface area contributed by atoms with Gasteiger partial charge in [-0.2, -0.15) is 0 Å². The van der Waals surface area contributed by atoms with Crippen LogP contribution in [0.4, 0.5) is 5.69 Å². The Morgan fingerprint density at radius 1 is 1.47 bits per heavy atom. The Hall–Kier alpha value is -0.740. The molecule has 1 atom stereocenters. The molecule has 1 aliphatic rings. The van der Waals surface area contributed by atoms with Crippen molar-refractivity contribution in [2.75, 3.05) is 18.9 Å². The predicted molar refractivity (Wildman–Crippen MR) is 63.0 cm³/mol. The molecule has 0 aliphatic carbocycles. The third-order valence-corrected chi connectivity index (χ3v) is 3.02. The van der Waals surface area contributed by atoms with Gasteiger partial charge in [0.1, 0.15) is 6.10 Å². The smallest absolute Gasteiger partial charge is 0.156 e. The van der Waals surface area contributed by atoms with Crippen molar-refractivity contribution >= 4 is 21.6 Å². The van der Waals surface area contributed by atoms with E-state index < -0.39 is 0 Å². The van der Waals surface area contributed by atoms with Crippen LogP contribution >= 0.6 is 15.9 Å². The highest BCUT2D eigenvalue weighted by Crippen LogP contribution is 2.32. The molecule has 2 rings (SSSR count). The van der Waals surface area contributed by atoms with Crippen LogP contribution in [-0.4, -0.2) is 19.3 Å². The number of hydrogen-bond acceptors (Lipinski definition) is 3. The summed E-state index contributed by atoms with van der Waals surface area (Å²) < 4.78 is 12.1. The first-order chi connectivity index (χ1) is 7.27. The molecule has 82 valence electrons. The molecule has 0 aromatic heterocycles. The second kappa shape index (κ2) is 4.86. The van der Waals surface area contributed by atoms with Crippen LogP contribution in [0.15, 0.2) is 22.7 Å². The van der Waals surface area contributed by atoms with Gasteiger partial charge in [-0.05, 0) is 40.9 Å². The largest absolute Gasteiger partial charge is 0.485 e. The normalized spacial score (nSPS) is 21.3. The Bertz CT molecular complexity index is 317. The monoisotopic (exact) mass is 271 g/mol. The van der Waals surface area contributed by atoms with Crippen molar-refractivity contribution < 1.29 is 9.47 Å². The summed E-state index contributed by atoms with van der Waals surface area (Å²) in [5.41, 5.74) is 6.50. The van der Waals surface area contributed by atoms with Crippen LogP contribution < -0.4 is 10.5 Å². The molecule has 15 heavy (non-hydrogen) atoms. The lowest BCUT2D eigenvalue weighted by Crippen LogP contribution is -2.28. The summed E-state index contributed by atoms with van der Waals surface area (Å²) in [5.74, 6) is 0.730. The molecule has 1 aliphatic heterocycles. The van der Waals surface area contributed by atoms with Gasteiger partial charge in [0.05, 0.1) is 16.8 Å². The SMILES string of the molecule is Nc1cccc(Br)c1OC1CCCOC1. The van der Waals surface area contributed by atoms with E-state index in [-0.39, 0.29) is 6.10 Å². The van der Waals surface area contributed by atoms with Gasteiger partial charge >= 0.3 is 0 Å². The van der Waals surface area contributed by atoms with Crippen LogP contribution in [0.1, 0.15) is 12.8 Å². The highest BCUT2D eigenvalue weighted by atomic mass is 79.9. The number of ether oxygens (including phenoxy) is 2. The Kier molecular flexibility index (Phi) is 3.49. The van der Waals surface area contributed by atoms with Gasteiger partial charge in [-0.25, -0.2) is 0 Å². The maximum Gasteiger partial charge on any atom is 0.156 e. The maximum atomic E-state index is 5.84. The lowest BCUT2D eigenvalue weighted by Gasteiger charge is -2.24. The van der Waals surface area contributed by atoms with Crippen LogP contribution in [0.5, 0.6) is 5.75 Å². The molecular formula is C11H14BrNO2. The van der Waals surface area contributed by atoms with Gasteiger partial charge in [-0.1, -0.05) is 6.07 Å². The summed E-state index contributed by atoms with van der Waals surface area (Å²) in [6, 6.07) is 5.66. The van der Waals surface area contributed by atoms with Crippen molar-refractivity contribution in [2.45, 2.75) is 18.9 Å². The standard InChI is InChI=1S/C11H14BrNO2/c12-9-4-1-5-10(13)11(9)15-8-3-2-6-14-7-8/h1,4-5,8H,2-3,6-7,13H2. The summed E-state index contributed by atoms with van der Waals surface area (Å²) in [7, 11) is 0. The average Bonchev–Trinajstić information content (AvgIpc) is 2.25. The van der Waals surface area contributed by atoms with Crippen molar-refractivity contribution in [3.63, 3.8) is 0 Å². The lowest BCUT2D eigenvalue weighted by atomic mass is 10.2. The minimum absolute atomic E-state index is 0.125. The first-order valence-electron chi connectivity index (χ1n) is 5.06. The molecule has 0 spiro atoms. The van der Waals surface area contributed by atoms with E-state index in [1.54, 1.807) is 0 Å². The highest BCUT2D eigenvalue weighted by Gasteiger charge is 2.17. The zero-order chi connectivity index (χ0) is 10.7. The van der Waals surface area contributed by atoms with Crippen molar-refractivity contribution in [1.29, 1.82) is 0 Å². The third-order valence-electron chi connectivity index (χ3n) is 2.40. The molecule has 1 heterocycles. The maximum absolute atomic E-state index is 5.84. The molecule has 1 fully saturated rings. The second-order valence-electron chi connectivity index (χ2n) is 3.62. The molecule has 2 N–H and O–H groups in total. The minimum Gasteiger partial charge on any atom is -0.485 e. The summed E-state index contributed by atoms with van der Waals surface area (Å²) in [6.07, 6.45) is 2.20. The molecule has 1 saturated heterocycles. The van der Waals surface area contributed by atoms with Crippen molar-refractivity contribution in [3.8, 4) is 5.75 Å². The van der Waals surface area contributed by atoms with Gasteiger partial charge in [-0.15, -0.1) is 0 Å². The van der Waals surface area contributed by atoms with Gasteiger partial charge < -0.3 is 15.2 Å². The first-order valence-corrected chi connectivity index (χ1v) is 5.85. The van der Waals surface area contributed by atoms with Gasteiger partial charge in [-0.3, -0.25) is 0 Å². The topological polar surface area (TPSA) is 44.5 Å². The molecule has 0 saturated carbocycles. The number of para-hydroxylation sites is 1. The third kappa shape index (κ3) is 2.63. The second-order valence-corrected chi connectivity index (χ2v) is 4.47. The van der Waals surface area contributed by atoms with Crippen molar-refractivity contribution in [1.82, 2.24) is 0 Å². The summed E-state index contributed by atoms with van der Waals surface area (Å²) in [6.45, 7) is 1.49. The molecule has 1 aromatic carbocycles. The predicted octanol–water partition coefficient (Wildman–Crippen LogP) is 2.59. The first kappa shape index (κ1) is 10.8. The van der Waals surface area contributed by atoms with Gasteiger partial charge in [0.15, 0.2) is 5.75 Å². The van der Waals surface area contributed by atoms with Crippen LogP contribution in [0, 0.1) is 0 Å². The van der Waals surface area contributed by atoms with Gasteiger partial charge in [0.25, 0.3) is 0 Å². The molecule has 0 amide bonds. The van der Waals surface area contributed by atoms with Crippen molar-refractivity contribution in [3.05, 3.63) is 22.7 Å². The molecule has 1 aromatic rings. The van der Waals surface area contributed by atoms with Crippen molar-refractivity contribution in [2.24, 2.45) is 0 Å². The highest BCUT2D eigenvalue weighted by molar-refractivity contribution is 9.10. The summed E-state index contributed by atoms with van der Waals surface area (Å²) in [5, 5.41) is 0. The number of benzene rings is 1. The van der Waals surface area contributed by atoms with Crippen LogP contribution in [0.3, 0.4) is 0 Å². The molecular weight excluding hydrogens is 258 g/mol. The molecule has 1 unspecified atom stereocenters. The molecule has 0 bridgehead atoms. The fourth-order valence-corrected chi connectivity index (χ4v) is 2.10. The van der Waals surface area contributed by atoms with E-state index in [0.717, 1.165) is 29.7 Å². The number of halogens is 1. The minimum atomic E-state index is 0.125. The number of nitrogens with two attached hydrogens (primary N) is 1. The van der Waals surface area contributed by atoms with E-state index in [0.29, 0.717) is 12.3 Å².